The van der Waals surface area contributed by atoms with Crippen molar-refractivity contribution >= 4 is 41.1 Å². The third kappa shape index (κ3) is 5.32. The highest BCUT2D eigenvalue weighted by molar-refractivity contribution is 7.80. The van der Waals surface area contributed by atoms with Crippen LogP contribution in [0.1, 0.15) is 11.1 Å². The highest BCUT2D eigenvalue weighted by Crippen LogP contribution is 2.30. The zero-order valence-electron chi connectivity index (χ0n) is 13.9. The van der Waals surface area contributed by atoms with E-state index in [4.69, 9.17) is 12.2 Å². The number of thiocarbonyl (C=S) groups is 1. The van der Waals surface area contributed by atoms with Crippen LogP contribution in [0.2, 0.25) is 0 Å². The third-order valence-electron chi connectivity index (χ3n) is 3.41. The van der Waals surface area contributed by atoms with Crippen LogP contribution in [-0.2, 0) is 6.18 Å². The van der Waals surface area contributed by atoms with Crippen molar-refractivity contribution in [3.63, 3.8) is 0 Å². The molecule has 136 valence electrons. The average molecular weight is 378 g/mol. The first-order valence-corrected chi connectivity index (χ1v) is 7.88. The van der Waals surface area contributed by atoms with Crippen molar-refractivity contribution in [1.29, 1.82) is 0 Å². The Morgan fingerprint density at radius 3 is 2.31 bits per heavy atom. The number of nitrogens with one attached hydrogen (secondary N) is 3. The Hall–Kier alpha value is -2.87. The molecular weight excluding hydrogens is 361 g/mol. The second-order valence-electron chi connectivity index (χ2n) is 5.42. The van der Waals surface area contributed by atoms with Crippen LogP contribution in [0.25, 0.3) is 0 Å². The number of anilines is 3. The van der Waals surface area contributed by atoms with Gasteiger partial charge >= 0.3 is 6.18 Å². The number of aliphatic imine (C=N–C) groups is 1. The van der Waals surface area contributed by atoms with Crippen LogP contribution in [0.5, 0.6) is 0 Å². The average Bonchev–Trinajstić information content (AvgIpc) is 2.57. The molecule has 0 amide bonds. The lowest BCUT2D eigenvalue weighted by Crippen LogP contribution is -2.19. The Morgan fingerprint density at radius 1 is 1.04 bits per heavy atom. The van der Waals surface area contributed by atoms with E-state index in [2.05, 4.69) is 34.2 Å². The van der Waals surface area contributed by atoms with Gasteiger partial charge < -0.3 is 16.0 Å². The molecule has 0 aliphatic carbocycles. The predicted molar refractivity (Wildman–Crippen MR) is 105 cm³/mol. The van der Waals surface area contributed by atoms with Gasteiger partial charge in [-0.05, 0) is 61.8 Å². The Kier molecular flexibility index (Phi) is 5.99. The predicted octanol–water partition coefficient (Wildman–Crippen LogP) is 5.41. The second kappa shape index (κ2) is 8.01. The molecule has 0 spiro atoms. The van der Waals surface area contributed by atoms with E-state index in [0.29, 0.717) is 11.5 Å². The summed E-state index contributed by atoms with van der Waals surface area (Å²) in [5, 5.41) is 8.83. The maximum atomic E-state index is 12.8. The Bertz CT molecular complexity index is 847. The summed E-state index contributed by atoms with van der Waals surface area (Å²) >= 11 is 5.17. The SMILES string of the molecule is C=NC(=C)Nc1cc(NC(=S)Nc2cccc(C(F)(F)F)c2)ccc1C. The normalized spacial score (nSPS) is 10.8. The number of rotatable bonds is 5. The van der Waals surface area contributed by atoms with Crippen LogP contribution in [-0.4, -0.2) is 11.8 Å². The van der Waals surface area contributed by atoms with E-state index in [-0.39, 0.29) is 10.8 Å². The van der Waals surface area contributed by atoms with E-state index in [1.165, 1.54) is 12.1 Å². The highest BCUT2D eigenvalue weighted by Gasteiger charge is 2.30. The summed E-state index contributed by atoms with van der Waals surface area (Å²) < 4.78 is 38.3. The first kappa shape index (κ1) is 19.5. The molecular formula is C18H17F3N4S. The fourth-order valence-electron chi connectivity index (χ4n) is 2.10. The van der Waals surface area contributed by atoms with Gasteiger partial charge in [-0.15, -0.1) is 0 Å². The molecule has 0 atom stereocenters. The number of alkyl halides is 3. The van der Waals surface area contributed by atoms with Crippen molar-refractivity contribution in [2.24, 2.45) is 4.99 Å². The molecule has 3 N–H and O–H groups in total. The first-order chi connectivity index (χ1) is 12.2. The largest absolute Gasteiger partial charge is 0.416 e. The lowest BCUT2D eigenvalue weighted by Gasteiger charge is -2.15. The van der Waals surface area contributed by atoms with Crippen molar-refractivity contribution in [1.82, 2.24) is 0 Å². The van der Waals surface area contributed by atoms with Gasteiger partial charge in [-0.25, -0.2) is 4.99 Å². The fourth-order valence-corrected chi connectivity index (χ4v) is 2.33. The zero-order chi connectivity index (χ0) is 19.3. The maximum Gasteiger partial charge on any atom is 0.416 e. The number of aryl methyl sites for hydroxylation is 1. The monoisotopic (exact) mass is 378 g/mol. The van der Waals surface area contributed by atoms with Gasteiger partial charge in [-0.2, -0.15) is 13.2 Å². The Balaban J connectivity index is 2.09. The van der Waals surface area contributed by atoms with Crippen molar-refractivity contribution in [2.45, 2.75) is 13.1 Å². The molecule has 4 nitrogen and oxygen atoms in total. The summed E-state index contributed by atoms with van der Waals surface area (Å²) in [5.41, 5.74) is 1.86. The van der Waals surface area contributed by atoms with Gasteiger partial charge in [0, 0.05) is 17.1 Å². The zero-order valence-corrected chi connectivity index (χ0v) is 14.8. The van der Waals surface area contributed by atoms with Gasteiger partial charge in [0.2, 0.25) is 0 Å². The van der Waals surface area contributed by atoms with E-state index in [1.54, 1.807) is 12.1 Å². The second-order valence-corrected chi connectivity index (χ2v) is 5.83. The Labute approximate surface area is 154 Å². The summed E-state index contributed by atoms with van der Waals surface area (Å²) in [6.45, 7) is 8.99. The molecule has 0 fully saturated rings. The summed E-state index contributed by atoms with van der Waals surface area (Å²) in [6, 6.07) is 10.3. The summed E-state index contributed by atoms with van der Waals surface area (Å²) in [7, 11) is 0. The fraction of sp³-hybridized carbons (Fsp3) is 0.111. The van der Waals surface area contributed by atoms with Gasteiger partial charge in [0.1, 0.15) is 5.82 Å². The van der Waals surface area contributed by atoms with Gasteiger partial charge in [0.25, 0.3) is 0 Å². The minimum absolute atomic E-state index is 0.166. The smallest absolute Gasteiger partial charge is 0.340 e. The number of hydrogen-bond acceptors (Lipinski definition) is 3. The molecule has 0 aliphatic heterocycles. The van der Waals surface area contributed by atoms with E-state index >= 15 is 0 Å². The number of halogens is 3. The molecule has 0 aliphatic rings. The van der Waals surface area contributed by atoms with Crippen LogP contribution in [0.15, 0.2) is 59.9 Å². The van der Waals surface area contributed by atoms with Gasteiger partial charge in [-0.3, -0.25) is 0 Å². The van der Waals surface area contributed by atoms with Gasteiger partial charge in [0.15, 0.2) is 5.11 Å². The van der Waals surface area contributed by atoms with Crippen LogP contribution < -0.4 is 16.0 Å². The first-order valence-electron chi connectivity index (χ1n) is 7.47. The molecule has 0 radical (unpaired) electrons. The van der Waals surface area contributed by atoms with E-state index in [1.807, 2.05) is 13.0 Å². The number of nitrogens with zero attached hydrogens (tertiary/aromatic N) is 1. The minimum atomic E-state index is -4.41. The molecule has 0 unspecified atom stereocenters. The Morgan fingerprint density at radius 2 is 1.69 bits per heavy atom. The van der Waals surface area contributed by atoms with E-state index < -0.39 is 11.7 Å². The molecule has 8 heteroatoms. The molecule has 0 heterocycles. The molecule has 0 saturated carbocycles. The van der Waals surface area contributed by atoms with Crippen LogP contribution >= 0.6 is 12.2 Å². The van der Waals surface area contributed by atoms with Crippen LogP contribution in [0, 0.1) is 6.92 Å². The van der Waals surface area contributed by atoms with Gasteiger partial charge in [-0.1, -0.05) is 18.7 Å². The quantitative estimate of drug-likeness (QED) is 0.481. The maximum absolute atomic E-state index is 12.8. The lowest BCUT2D eigenvalue weighted by atomic mass is 10.2. The molecule has 2 aromatic rings. The molecule has 0 aromatic heterocycles. The van der Waals surface area contributed by atoms with Crippen molar-refractivity contribution in [3.8, 4) is 0 Å². The van der Waals surface area contributed by atoms with Crippen molar-refractivity contribution < 1.29 is 13.2 Å². The van der Waals surface area contributed by atoms with Crippen molar-refractivity contribution in [3.05, 3.63) is 66.0 Å². The highest BCUT2D eigenvalue weighted by atomic mass is 32.1. The topological polar surface area (TPSA) is 48.5 Å². The summed E-state index contributed by atoms with van der Waals surface area (Å²) in [6.07, 6.45) is -4.41. The minimum Gasteiger partial charge on any atom is -0.340 e. The summed E-state index contributed by atoms with van der Waals surface area (Å²) in [4.78, 5) is 3.69. The van der Waals surface area contributed by atoms with Gasteiger partial charge in [0.05, 0.1) is 5.56 Å². The van der Waals surface area contributed by atoms with Crippen LogP contribution in [0.3, 0.4) is 0 Å². The van der Waals surface area contributed by atoms with Crippen molar-refractivity contribution in [2.75, 3.05) is 16.0 Å². The van der Waals surface area contributed by atoms with E-state index in [9.17, 15) is 13.2 Å². The molecule has 2 aromatic carbocycles. The number of benzene rings is 2. The number of hydrogen-bond donors (Lipinski definition) is 3. The lowest BCUT2D eigenvalue weighted by molar-refractivity contribution is -0.137. The molecule has 0 bridgehead atoms. The van der Waals surface area contributed by atoms with E-state index in [0.717, 1.165) is 23.4 Å². The molecule has 2 rings (SSSR count). The van der Waals surface area contributed by atoms with Crippen LogP contribution in [0.4, 0.5) is 30.2 Å². The summed E-state index contributed by atoms with van der Waals surface area (Å²) in [5.74, 6) is 0.398. The standard InChI is InChI=1S/C18H17F3N4S/c1-11-7-8-15(10-16(11)23-12(2)22-3)25-17(26)24-14-6-4-5-13(9-14)18(19,20)21/h4-10,23H,2-3H2,1H3,(H2,24,25,26). The molecule has 0 saturated heterocycles. The third-order valence-corrected chi connectivity index (χ3v) is 3.62. The molecule has 26 heavy (non-hydrogen) atoms.